The number of nitrogen functional groups attached to an aromatic ring is 1. The van der Waals surface area contributed by atoms with Crippen molar-refractivity contribution in [2.24, 2.45) is 0 Å². The lowest BCUT2D eigenvalue weighted by Crippen LogP contribution is -2.06. The van der Waals surface area contributed by atoms with Crippen LogP contribution in [0.3, 0.4) is 0 Å². The van der Waals surface area contributed by atoms with Crippen molar-refractivity contribution in [1.29, 1.82) is 0 Å². The molecule has 2 aromatic carbocycles. The number of nitrogens with one attached hydrogen (secondary N) is 1. The summed E-state index contributed by atoms with van der Waals surface area (Å²) in [5.74, 6) is -0.190. The molecule has 2 aromatic rings. The number of halogens is 5. The lowest BCUT2D eigenvalue weighted by molar-refractivity contribution is -0.114. The third-order valence-corrected chi connectivity index (χ3v) is 3.55. The van der Waals surface area contributed by atoms with Crippen LogP contribution in [0.4, 0.5) is 11.4 Å². The lowest BCUT2D eigenvalue weighted by Gasteiger charge is -2.05. The number of benzene rings is 2. The number of amides is 1. The highest BCUT2D eigenvalue weighted by molar-refractivity contribution is 6.62. The maximum absolute atomic E-state index is 10.7. The fourth-order valence-corrected chi connectivity index (χ4v) is 2.19. The van der Waals surface area contributed by atoms with Gasteiger partial charge in [-0.3, -0.25) is 9.59 Å². The molecule has 3 N–H and O–H groups in total. The Morgan fingerprint density at radius 1 is 0.846 bits per heavy atom. The van der Waals surface area contributed by atoms with Gasteiger partial charge in [-0.15, -0.1) is 0 Å². The summed E-state index contributed by atoms with van der Waals surface area (Å²) >= 11 is 27.4. The number of hydrogen-bond donors (Lipinski definition) is 2. The predicted molar refractivity (Wildman–Crippen MR) is 115 cm³/mol. The zero-order valence-corrected chi connectivity index (χ0v) is 17.0. The predicted octanol–water partition coefficient (Wildman–Crippen LogP) is 6.94. The molecule has 0 atom stereocenters. The highest BCUT2D eigenvalue weighted by Crippen LogP contribution is 2.29. The molecule has 0 saturated heterocycles. The summed E-state index contributed by atoms with van der Waals surface area (Å²) in [4.78, 5) is 19.9. The van der Waals surface area contributed by atoms with E-state index in [1.54, 1.807) is 36.4 Å². The van der Waals surface area contributed by atoms with Gasteiger partial charge in [0.25, 0.3) is 0 Å². The first kappa shape index (κ1) is 27.1. The van der Waals surface area contributed by atoms with Crippen LogP contribution < -0.4 is 11.1 Å². The summed E-state index contributed by atoms with van der Waals surface area (Å²) in [6, 6.07) is 10.2. The molecule has 0 saturated carbocycles. The normalized spacial score (nSPS) is 8.73. The molecular weight excluding hydrogens is 441 g/mol. The molecule has 0 heterocycles. The van der Waals surface area contributed by atoms with Crippen LogP contribution >= 0.6 is 58.0 Å². The standard InChI is InChI=1S/C8H7Cl2NO.C6H5Cl2N.C2H3ClO.CH4/c1-5(12)11-8-6(9)3-2-4-7(8)10;7-4-2-1-3-5(8)6(4)9;1-2(3)4;/h2-4H,1H3,(H,11,12);1-3H,9H2;1H3;1H4. The van der Waals surface area contributed by atoms with Crippen molar-refractivity contribution in [3.05, 3.63) is 56.5 Å². The van der Waals surface area contributed by atoms with Crippen LogP contribution in [0.2, 0.25) is 20.1 Å². The second kappa shape index (κ2) is 14.0. The minimum absolute atomic E-state index is 0. The molecule has 1 amide bonds. The third kappa shape index (κ3) is 11.4. The maximum Gasteiger partial charge on any atom is 0.221 e. The van der Waals surface area contributed by atoms with Crippen molar-refractivity contribution in [2.75, 3.05) is 11.1 Å². The van der Waals surface area contributed by atoms with Crippen molar-refractivity contribution in [2.45, 2.75) is 21.3 Å². The molecule has 9 heteroatoms. The van der Waals surface area contributed by atoms with E-state index in [4.69, 9.17) is 52.1 Å². The van der Waals surface area contributed by atoms with Gasteiger partial charge in [0, 0.05) is 13.8 Å². The molecule has 144 valence electrons. The van der Waals surface area contributed by atoms with Gasteiger partial charge in [0.15, 0.2) is 0 Å². The number of anilines is 2. The Hall–Kier alpha value is -1.17. The largest absolute Gasteiger partial charge is 0.396 e. The summed E-state index contributed by atoms with van der Waals surface area (Å²) in [6.07, 6.45) is 0. The molecule has 0 spiro atoms. The first-order valence-corrected chi connectivity index (χ1v) is 8.52. The molecule has 0 fully saturated rings. The molecule has 0 aliphatic carbocycles. The highest BCUT2D eigenvalue weighted by Gasteiger charge is 2.05. The van der Waals surface area contributed by atoms with Crippen LogP contribution in [0.5, 0.6) is 0 Å². The number of nitrogens with two attached hydrogens (primary N) is 1. The van der Waals surface area contributed by atoms with Gasteiger partial charge in [-0.1, -0.05) is 66.0 Å². The smallest absolute Gasteiger partial charge is 0.221 e. The van der Waals surface area contributed by atoms with Crippen LogP contribution in [-0.2, 0) is 9.59 Å². The first-order chi connectivity index (χ1) is 11.6. The summed E-state index contributed by atoms with van der Waals surface area (Å²) < 4.78 is 0. The highest BCUT2D eigenvalue weighted by atomic mass is 35.5. The lowest BCUT2D eigenvalue weighted by atomic mass is 10.3. The van der Waals surface area contributed by atoms with Crippen LogP contribution in [0.1, 0.15) is 21.3 Å². The minimum Gasteiger partial charge on any atom is -0.396 e. The monoisotopic (exact) mass is 458 g/mol. The van der Waals surface area contributed by atoms with E-state index in [-0.39, 0.29) is 18.6 Å². The van der Waals surface area contributed by atoms with Crippen LogP contribution in [0.15, 0.2) is 36.4 Å². The van der Waals surface area contributed by atoms with Gasteiger partial charge in [-0.05, 0) is 35.9 Å². The molecular formula is C17H19Cl5N2O2. The number of carbonyl (C=O) groups is 2. The van der Waals surface area contributed by atoms with E-state index in [9.17, 15) is 9.59 Å². The molecule has 0 radical (unpaired) electrons. The minimum atomic E-state index is -0.361. The molecule has 0 aromatic heterocycles. The van der Waals surface area contributed by atoms with Crippen molar-refractivity contribution in [3.8, 4) is 0 Å². The van der Waals surface area contributed by atoms with Crippen molar-refractivity contribution >= 4 is 80.5 Å². The van der Waals surface area contributed by atoms with Gasteiger partial charge in [0.2, 0.25) is 11.1 Å². The fraction of sp³-hybridized carbons (Fsp3) is 0.176. The third-order valence-electron chi connectivity index (χ3n) is 2.26. The fourth-order valence-electron chi connectivity index (χ4n) is 1.30. The van der Waals surface area contributed by atoms with E-state index in [1.807, 2.05) is 0 Å². The van der Waals surface area contributed by atoms with Crippen molar-refractivity contribution < 1.29 is 9.59 Å². The van der Waals surface area contributed by atoms with E-state index < -0.39 is 0 Å². The second-order valence-electron chi connectivity index (χ2n) is 4.38. The number of carbonyl (C=O) groups excluding carboxylic acids is 2. The summed E-state index contributed by atoms with van der Waals surface area (Å²) in [5.41, 5.74) is 6.33. The maximum atomic E-state index is 10.7. The zero-order chi connectivity index (χ0) is 19.6. The van der Waals surface area contributed by atoms with Crippen LogP contribution in [0.25, 0.3) is 0 Å². The summed E-state index contributed by atoms with van der Waals surface area (Å²) in [6.45, 7) is 2.70. The SMILES string of the molecule is C.CC(=O)Cl.CC(=O)Nc1c(Cl)cccc1Cl.Nc1c(Cl)cccc1Cl. The Labute approximate surface area is 178 Å². The Kier molecular flexibility index (Phi) is 14.5. The Bertz CT molecular complexity index is 695. The molecule has 0 aliphatic heterocycles. The van der Waals surface area contributed by atoms with Gasteiger partial charge >= 0.3 is 0 Å². The van der Waals surface area contributed by atoms with E-state index in [2.05, 4.69) is 16.9 Å². The molecule has 0 bridgehead atoms. The van der Waals surface area contributed by atoms with E-state index in [0.29, 0.717) is 31.5 Å². The Balaban J connectivity index is 0. The van der Waals surface area contributed by atoms with Crippen LogP contribution in [0, 0.1) is 0 Å². The quantitative estimate of drug-likeness (QED) is 0.358. The average Bonchev–Trinajstić information content (AvgIpc) is 2.48. The Morgan fingerprint density at radius 3 is 1.42 bits per heavy atom. The molecule has 0 unspecified atom stereocenters. The molecule has 26 heavy (non-hydrogen) atoms. The van der Waals surface area contributed by atoms with Gasteiger partial charge in [-0.25, -0.2) is 0 Å². The molecule has 0 aliphatic rings. The topological polar surface area (TPSA) is 72.2 Å². The number of hydrogen-bond acceptors (Lipinski definition) is 3. The van der Waals surface area contributed by atoms with Gasteiger partial charge in [0.1, 0.15) is 0 Å². The van der Waals surface area contributed by atoms with E-state index in [1.165, 1.54) is 13.8 Å². The zero-order valence-electron chi connectivity index (χ0n) is 13.2. The van der Waals surface area contributed by atoms with E-state index >= 15 is 0 Å². The van der Waals surface area contributed by atoms with Gasteiger partial charge in [0.05, 0.1) is 31.5 Å². The van der Waals surface area contributed by atoms with E-state index in [0.717, 1.165) is 0 Å². The Morgan fingerprint density at radius 2 is 1.15 bits per heavy atom. The van der Waals surface area contributed by atoms with Crippen molar-refractivity contribution in [3.63, 3.8) is 0 Å². The summed E-state index contributed by atoms with van der Waals surface area (Å²) in [5, 5.41) is 4.07. The molecule has 2 rings (SSSR count). The van der Waals surface area contributed by atoms with Crippen LogP contribution in [-0.4, -0.2) is 11.1 Å². The second-order valence-corrected chi connectivity index (χ2v) is 6.54. The molecule has 4 nitrogen and oxygen atoms in total. The van der Waals surface area contributed by atoms with Gasteiger partial charge < -0.3 is 11.1 Å². The first-order valence-electron chi connectivity index (χ1n) is 6.63. The number of para-hydroxylation sites is 2. The number of rotatable bonds is 1. The summed E-state index contributed by atoms with van der Waals surface area (Å²) in [7, 11) is 0. The van der Waals surface area contributed by atoms with Gasteiger partial charge in [-0.2, -0.15) is 0 Å². The average molecular weight is 461 g/mol. The van der Waals surface area contributed by atoms with Crippen molar-refractivity contribution in [1.82, 2.24) is 0 Å².